The van der Waals surface area contributed by atoms with Gasteiger partial charge in [0.15, 0.2) is 0 Å². The quantitative estimate of drug-likeness (QED) is 0.762. The topological polar surface area (TPSA) is 25.2 Å². The van der Waals surface area contributed by atoms with Gasteiger partial charge in [-0.3, -0.25) is 4.79 Å². The molecule has 0 N–H and O–H groups in total. The van der Waals surface area contributed by atoms with Gasteiger partial charge in [-0.2, -0.15) is 0 Å². The van der Waals surface area contributed by atoms with E-state index in [9.17, 15) is 4.79 Å². The molecule has 1 aliphatic heterocycles. The lowest BCUT2D eigenvalue weighted by Crippen LogP contribution is -2.37. The van der Waals surface area contributed by atoms with Crippen molar-refractivity contribution in [2.24, 2.45) is 0 Å². The second-order valence-corrected chi connectivity index (χ2v) is 6.42. The summed E-state index contributed by atoms with van der Waals surface area (Å²) in [5.41, 5.74) is 1.04. The van der Waals surface area contributed by atoms with Crippen LogP contribution in [0.5, 0.6) is 0 Å². The van der Waals surface area contributed by atoms with Gasteiger partial charge in [0.25, 0.3) is 5.56 Å². The normalized spacial score (nSPS) is 19.1. The molecule has 0 amide bonds. The number of nitrogens with zero attached hydrogens (tertiary/aromatic N) is 2. The molecule has 3 nitrogen and oxygen atoms in total. The van der Waals surface area contributed by atoms with Gasteiger partial charge in [0.2, 0.25) is 0 Å². The van der Waals surface area contributed by atoms with Gasteiger partial charge in [-0.1, -0.05) is 26.8 Å². The summed E-state index contributed by atoms with van der Waals surface area (Å²) in [6.07, 6.45) is 4.10. The molecule has 2 heterocycles. The van der Waals surface area contributed by atoms with Gasteiger partial charge in [-0.15, -0.1) is 0 Å². The fraction of sp³-hybridized carbons (Fsp3) is 0.667. The first-order valence-electron chi connectivity index (χ1n) is 6.80. The average Bonchev–Trinajstić information content (AvgIpc) is 2.29. The molecule has 0 spiro atoms. The fourth-order valence-corrected chi connectivity index (χ4v) is 2.64. The Kier molecular flexibility index (Phi) is 3.62. The molecular formula is C15H24N2O. The van der Waals surface area contributed by atoms with Gasteiger partial charge in [-0.25, -0.2) is 0 Å². The molecule has 0 aliphatic carbocycles. The van der Waals surface area contributed by atoms with Crippen molar-refractivity contribution in [2.45, 2.75) is 45.1 Å². The van der Waals surface area contributed by atoms with E-state index in [0.717, 1.165) is 31.5 Å². The zero-order valence-corrected chi connectivity index (χ0v) is 11.9. The Balaban J connectivity index is 2.32. The smallest absolute Gasteiger partial charge is 0.254 e. The van der Waals surface area contributed by atoms with Gasteiger partial charge in [-0.05, 0) is 44.5 Å². The van der Waals surface area contributed by atoms with Crippen LogP contribution < -0.4 is 5.56 Å². The number of rotatable bonds is 1. The van der Waals surface area contributed by atoms with Crippen LogP contribution in [0.25, 0.3) is 0 Å². The average molecular weight is 248 g/mol. The Morgan fingerprint density at radius 3 is 2.39 bits per heavy atom. The lowest BCUT2D eigenvalue weighted by Gasteiger charge is -2.31. The minimum absolute atomic E-state index is 0.0778. The van der Waals surface area contributed by atoms with Crippen LogP contribution in [0.1, 0.15) is 45.2 Å². The molecule has 0 unspecified atom stereocenters. The number of piperidine rings is 1. The summed E-state index contributed by atoms with van der Waals surface area (Å²) in [7, 11) is 2.14. The maximum Gasteiger partial charge on any atom is 0.254 e. The highest BCUT2D eigenvalue weighted by atomic mass is 16.1. The molecule has 3 heteroatoms. The van der Waals surface area contributed by atoms with Crippen LogP contribution in [-0.2, 0) is 5.41 Å². The molecule has 0 radical (unpaired) electrons. The van der Waals surface area contributed by atoms with Crippen molar-refractivity contribution in [3.63, 3.8) is 0 Å². The minimum Gasteiger partial charge on any atom is -0.312 e. The van der Waals surface area contributed by atoms with E-state index >= 15 is 0 Å². The van der Waals surface area contributed by atoms with Crippen LogP contribution in [0.3, 0.4) is 0 Å². The summed E-state index contributed by atoms with van der Waals surface area (Å²) >= 11 is 0. The predicted octanol–water partition coefficient (Wildman–Crippen LogP) is 2.41. The third kappa shape index (κ3) is 2.66. The lowest BCUT2D eigenvalue weighted by molar-refractivity contribution is 0.218. The summed E-state index contributed by atoms with van der Waals surface area (Å²) in [5, 5.41) is 0. The van der Waals surface area contributed by atoms with Crippen LogP contribution in [-0.4, -0.2) is 29.6 Å². The van der Waals surface area contributed by atoms with Gasteiger partial charge < -0.3 is 9.47 Å². The van der Waals surface area contributed by atoms with Crippen molar-refractivity contribution in [1.82, 2.24) is 9.47 Å². The fourth-order valence-electron chi connectivity index (χ4n) is 2.64. The van der Waals surface area contributed by atoms with Gasteiger partial charge in [0, 0.05) is 17.8 Å². The number of likely N-dealkylation sites (tertiary alicyclic amines) is 1. The van der Waals surface area contributed by atoms with E-state index < -0.39 is 0 Å². The number of hydrogen-bond acceptors (Lipinski definition) is 2. The Morgan fingerprint density at radius 1 is 1.22 bits per heavy atom. The monoisotopic (exact) mass is 248 g/mol. The summed E-state index contributed by atoms with van der Waals surface area (Å²) in [6, 6.07) is 4.35. The van der Waals surface area contributed by atoms with Crippen molar-refractivity contribution in [1.29, 1.82) is 0 Å². The highest BCUT2D eigenvalue weighted by Crippen LogP contribution is 2.22. The van der Waals surface area contributed by atoms with Crippen LogP contribution in [0.15, 0.2) is 23.1 Å². The Morgan fingerprint density at radius 2 is 1.83 bits per heavy atom. The molecule has 100 valence electrons. The van der Waals surface area contributed by atoms with Crippen molar-refractivity contribution in [3.05, 3.63) is 34.2 Å². The molecule has 1 aromatic heterocycles. The van der Waals surface area contributed by atoms with Crippen LogP contribution in [0.4, 0.5) is 0 Å². The molecule has 18 heavy (non-hydrogen) atoms. The highest BCUT2D eigenvalue weighted by molar-refractivity contribution is 5.19. The summed E-state index contributed by atoms with van der Waals surface area (Å²) in [4.78, 5) is 14.9. The van der Waals surface area contributed by atoms with Crippen LogP contribution in [0, 0.1) is 0 Å². The predicted molar refractivity (Wildman–Crippen MR) is 75.2 cm³/mol. The van der Waals surface area contributed by atoms with Gasteiger partial charge in [0.05, 0.1) is 0 Å². The van der Waals surface area contributed by atoms with Gasteiger partial charge in [0.1, 0.15) is 0 Å². The van der Waals surface area contributed by atoms with Crippen molar-refractivity contribution in [2.75, 3.05) is 20.1 Å². The first-order valence-corrected chi connectivity index (χ1v) is 6.80. The van der Waals surface area contributed by atoms with E-state index in [2.05, 4.69) is 32.7 Å². The number of hydrogen-bond donors (Lipinski definition) is 0. The second-order valence-electron chi connectivity index (χ2n) is 6.42. The van der Waals surface area contributed by atoms with Crippen molar-refractivity contribution >= 4 is 0 Å². The lowest BCUT2D eigenvalue weighted by atomic mass is 9.88. The minimum atomic E-state index is -0.0778. The Bertz CT molecular complexity index is 462. The molecule has 0 atom stereocenters. The van der Waals surface area contributed by atoms with E-state index in [-0.39, 0.29) is 11.0 Å². The third-order valence-corrected chi connectivity index (χ3v) is 3.86. The maximum atomic E-state index is 12.5. The highest BCUT2D eigenvalue weighted by Gasteiger charge is 2.23. The Labute approximate surface area is 109 Å². The maximum absolute atomic E-state index is 12.5. The molecule has 0 saturated carbocycles. The third-order valence-electron chi connectivity index (χ3n) is 3.86. The molecule has 1 aromatic rings. The molecule has 2 rings (SSSR count). The first kappa shape index (κ1) is 13.3. The van der Waals surface area contributed by atoms with Crippen molar-refractivity contribution in [3.8, 4) is 0 Å². The summed E-state index contributed by atoms with van der Waals surface area (Å²) in [6.45, 7) is 8.46. The zero-order valence-electron chi connectivity index (χ0n) is 11.9. The Hall–Kier alpha value is -1.09. The van der Waals surface area contributed by atoms with Crippen molar-refractivity contribution < 1.29 is 0 Å². The second kappa shape index (κ2) is 4.88. The molecule has 1 fully saturated rings. The molecule has 1 saturated heterocycles. The molecular weight excluding hydrogens is 224 g/mol. The first-order chi connectivity index (χ1) is 8.39. The van der Waals surface area contributed by atoms with Crippen LogP contribution >= 0.6 is 0 Å². The van der Waals surface area contributed by atoms with E-state index in [1.165, 1.54) is 0 Å². The number of aromatic nitrogens is 1. The SMILES string of the molecule is CN1CCC(n2cccc(C(C)(C)C)c2=O)CC1. The summed E-state index contributed by atoms with van der Waals surface area (Å²) in [5.74, 6) is 0. The van der Waals surface area contributed by atoms with Gasteiger partial charge >= 0.3 is 0 Å². The van der Waals surface area contributed by atoms with E-state index in [4.69, 9.17) is 0 Å². The standard InChI is InChI=1S/C15H24N2O/c1-15(2,3)13-6-5-9-17(14(13)18)12-7-10-16(4)11-8-12/h5-6,9,12H,7-8,10-11H2,1-4H3. The molecule has 1 aliphatic rings. The molecule has 0 bridgehead atoms. The summed E-state index contributed by atoms with van der Waals surface area (Å²) < 4.78 is 1.95. The van der Waals surface area contributed by atoms with E-state index in [0.29, 0.717) is 6.04 Å². The number of pyridine rings is 1. The van der Waals surface area contributed by atoms with E-state index in [1.807, 2.05) is 22.9 Å². The zero-order chi connectivity index (χ0) is 13.3. The molecule has 0 aromatic carbocycles. The van der Waals surface area contributed by atoms with E-state index in [1.54, 1.807) is 0 Å². The largest absolute Gasteiger partial charge is 0.312 e. The van der Waals surface area contributed by atoms with Crippen LogP contribution in [0.2, 0.25) is 0 Å².